The first-order valence-corrected chi connectivity index (χ1v) is 13.1. The Kier molecular flexibility index (Phi) is 7.43. The molecule has 1 saturated heterocycles. The van der Waals surface area contributed by atoms with E-state index in [9.17, 15) is 0 Å². The van der Waals surface area contributed by atoms with Gasteiger partial charge in [-0.25, -0.2) is 4.98 Å². The Morgan fingerprint density at radius 2 is 1.94 bits per heavy atom. The third kappa shape index (κ3) is 5.60. The molecule has 1 aliphatic rings. The molecule has 3 heterocycles. The van der Waals surface area contributed by atoms with Crippen molar-refractivity contribution in [3.05, 3.63) is 70.7 Å². The Labute approximate surface area is 207 Å². The molecule has 1 atom stereocenters. The molecule has 1 aliphatic heterocycles. The van der Waals surface area contributed by atoms with Gasteiger partial charge in [0.05, 0.1) is 25.5 Å². The number of nitrogens with zero attached hydrogens (tertiary/aromatic N) is 4. The highest BCUT2D eigenvalue weighted by molar-refractivity contribution is 7.98. The Hall–Kier alpha value is -2.88. The zero-order valence-electron chi connectivity index (χ0n) is 18.9. The predicted molar refractivity (Wildman–Crippen MR) is 133 cm³/mol. The van der Waals surface area contributed by atoms with Crippen molar-refractivity contribution in [2.75, 3.05) is 13.7 Å². The van der Waals surface area contributed by atoms with Crippen LogP contribution in [0.15, 0.2) is 65.1 Å². The fourth-order valence-corrected chi connectivity index (χ4v) is 5.44. The largest absolute Gasteiger partial charge is 0.497 e. The van der Waals surface area contributed by atoms with Crippen LogP contribution in [0.4, 0.5) is 0 Å². The minimum absolute atomic E-state index is 0.188. The third-order valence-electron chi connectivity index (χ3n) is 5.53. The number of methoxy groups -OCH3 is 1. The summed E-state index contributed by atoms with van der Waals surface area (Å²) in [6, 6.07) is 17.7. The molecule has 4 aromatic rings. The molecule has 0 radical (unpaired) electrons. The minimum atomic E-state index is 0.188. The molecule has 7 nitrogen and oxygen atoms in total. The Morgan fingerprint density at radius 1 is 1.09 bits per heavy atom. The smallest absolute Gasteiger partial charge is 0.191 e. The van der Waals surface area contributed by atoms with Crippen LogP contribution < -0.4 is 9.47 Å². The number of aromatic nitrogens is 4. The first-order chi connectivity index (χ1) is 16.8. The van der Waals surface area contributed by atoms with Crippen LogP contribution in [0.3, 0.4) is 0 Å². The summed E-state index contributed by atoms with van der Waals surface area (Å²) in [4.78, 5) is 4.73. The van der Waals surface area contributed by atoms with E-state index in [-0.39, 0.29) is 6.10 Å². The number of thiazole rings is 1. The van der Waals surface area contributed by atoms with Crippen molar-refractivity contribution in [2.45, 2.75) is 43.0 Å². The van der Waals surface area contributed by atoms with E-state index in [4.69, 9.17) is 19.2 Å². The quantitative estimate of drug-likeness (QED) is 0.271. The van der Waals surface area contributed by atoms with Crippen molar-refractivity contribution in [3.63, 3.8) is 0 Å². The van der Waals surface area contributed by atoms with E-state index in [0.717, 1.165) is 64.7 Å². The zero-order valence-corrected chi connectivity index (χ0v) is 20.6. The first-order valence-electron chi connectivity index (χ1n) is 11.2. The van der Waals surface area contributed by atoms with Gasteiger partial charge in [-0.05, 0) is 49.2 Å². The van der Waals surface area contributed by atoms with E-state index < -0.39 is 0 Å². The molecule has 0 amide bonds. The molecule has 2 aromatic heterocycles. The number of rotatable bonds is 10. The molecule has 176 valence electrons. The second-order valence-corrected chi connectivity index (χ2v) is 9.79. The van der Waals surface area contributed by atoms with Crippen molar-refractivity contribution in [1.29, 1.82) is 0 Å². The highest BCUT2D eigenvalue weighted by Gasteiger charge is 2.22. The van der Waals surface area contributed by atoms with Gasteiger partial charge in [-0.15, -0.1) is 21.5 Å². The predicted octanol–water partition coefficient (Wildman–Crippen LogP) is 5.46. The molecular formula is C25H26N4O3S2. The second kappa shape index (κ2) is 11.0. The van der Waals surface area contributed by atoms with Gasteiger partial charge in [0.2, 0.25) is 0 Å². The molecule has 2 aromatic carbocycles. The van der Waals surface area contributed by atoms with Crippen LogP contribution in [-0.2, 0) is 23.6 Å². The van der Waals surface area contributed by atoms with Crippen LogP contribution in [0.25, 0.3) is 11.4 Å². The average molecular weight is 495 g/mol. The summed E-state index contributed by atoms with van der Waals surface area (Å²) in [7, 11) is 1.67. The minimum Gasteiger partial charge on any atom is -0.497 e. The van der Waals surface area contributed by atoms with Crippen molar-refractivity contribution in [3.8, 4) is 22.9 Å². The van der Waals surface area contributed by atoms with Gasteiger partial charge in [0, 0.05) is 23.3 Å². The Balaban J connectivity index is 1.28. The molecule has 5 rings (SSSR count). The van der Waals surface area contributed by atoms with Gasteiger partial charge in [0.25, 0.3) is 0 Å². The van der Waals surface area contributed by atoms with Crippen LogP contribution in [0.5, 0.6) is 11.5 Å². The monoisotopic (exact) mass is 494 g/mol. The lowest BCUT2D eigenvalue weighted by Gasteiger charge is -2.14. The number of para-hydroxylation sites is 1. The SMILES string of the molecule is COc1ccc(-c2nnc(SCc3csc(COc4ccccc4)n3)n2CC2CCCO2)cc1. The summed E-state index contributed by atoms with van der Waals surface area (Å²) < 4.78 is 19.2. The maximum atomic E-state index is 5.91. The number of benzene rings is 2. The van der Waals surface area contributed by atoms with Crippen LogP contribution in [-0.4, -0.2) is 39.6 Å². The fourth-order valence-electron chi connectivity index (χ4n) is 3.79. The van der Waals surface area contributed by atoms with Gasteiger partial charge in [-0.3, -0.25) is 4.57 Å². The molecule has 0 saturated carbocycles. The normalized spacial score (nSPS) is 15.5. The third-order valence-corrected chi connectivity index (χ3v) is 7.40. The van der Waals surface area contributed by atoms with E-state index in [2.05, 4.69) is 20.1 Å². The number of hydrogen-bond acceptors (Lipinski definition) is 8. The van der Waals surface area contributed by atoms with Gasteiger partial charge in [0.15, 0.2) is 11.0 Å². The average Bonchev–Trinajstić information content (AvgIpc) is 3.65. The van der Waals surface area contributed by atoms with E-state index in [1.807, 2.05) is 54.6 Å². The topological polar surface area (TPSA) is 71.3 Å². The standard InChI is InChI=1S/C25H26N4O3S2/c1-30-20-11-9-18(10-12-20)24-27-28-25(29(24)14-22-8-5-13-31-22)34-17-19-16-33-23(26-19)15-32-21-6-3-2-4-7-21/h2-4,6-7,9-12,16,22H,5,8,13-15,17H2,1H3. The molecular weight excluding hydrogens is 468 g/mol. The van der Waals surface area contributed by atoms with E-state index >= 15 is 0 Å². The summed E-state index contributed by atoms with van der Waals surface area (Å²) in [5.41, 5.74) is 2.02. The number of hydrogen-bond donors (Lipinski definition) is 0. The fraction of sp³-hybridized carbons (Fsp3) is 0.320. The lowest BCUT2D eigenvalue weighted by atomic mass is 10.2. The van der Waals surface area contributed by atoms with Crippen molar-refractivity contribution < 1.29 is 14.2 Å². The molecule has 0 spiro atoms. The Bertz CT molecular complexity index is 1190. The molecule has 34 heavy (non-hydrogen) atoms. The highest BCUT2D eigenvalue weighted by Crippen LogP contribution is 2.29. The molecule has 0 bridgehead atoms. The number of thioether (sulfide) groups is 1. The lowest BCUT2D eigenvalue weighted by molar-refractivity contribution is 0.0953. The zero-order chi connectivity index (χ0) is 23.2. The van der Waals surface area contributed by atoms with Gasteiger partial charge >= 0.3 is 0 Å². The van der Waals surface area contributed by atoms with Crippen LogP contribution in [0.1, 0.15) is 23.5 Å². The van der Waals surface area contributed by atoms with E-state index in [1.165, 1.54) is 0 Å². The van der Waals surface area contributed by atoms with Crippen LogP contribution >= 0.6 is 23.1 Å². The first kappa shape index (κ1) is 22.9. The Morgan fingerprint density at radius 3 is 2.71 bits per heavy atom. The number of ether oxygens (including phenoxy) is 3. The highest BCUT2D eigenvalue weighted by atomic mass is 32.2. The summed E-state index contributed by atoms with van der Waals surface area (Å²) in [6.45, 7) is 2.03. The van der Waals surface area contributed by atoms with Crippen molar-refractivity contribution >= 4 is 23.1 Å². The summed E-state index contributed by atoms with van der Waals surface area (Å²) in [5.74, 6) is 3.23. The van der Waals surface area contributed by atoms with Crippen LogP contribution in [0.2, 0.25) is 0 Å². The van der Waals surface area contributed by atoms with E-state index in [1.54, 1.807) is 30.2 Å². The van der Waals surface area contributed by atoms with Crippen LogP contribution in [0, 0.1) is 0 Å². The summed E-state index contributed by atoms with van der Waals surface area (Å²) >= 11 is 3.26. The molecule has 0 N–H and O–H groups in total. The second-order valence-electron chi connectivity index (χ2n) is 7.90. The lowest BCUT2D eigenvalue weighted by Crippen LogP contribution is -2.16. The van der Waals surface area contributed by atoms with Gasteiger partial charge in [-0.2, -0.15) is 0 Å². The van der Waals surface area contributed by atoms with E-state index in [0.29, 0.717) is 12.4 Å². The van der Waals surface area contributed by atoms with Gasteiger partial charge in [-0.1, -0.05) is 30.0 Å². The summed E-state index contributed by atoms with van der Waals surface area (Å²) in [5, 5.41) is 13.0. The van der Waals surface area contributed by atoms with Crippen molar-refractivity contribution in [2.24, 2.45) is 0 Å². The molecule has 0 aliphatic carbocycles. The summed E-state index contributed by atoms with van der Waals surface area (Å²) in [6.07, 6.45) is 2.34. The van der Waals surface area contributed by atoms with Gasteiger partial charge in [0.1, 0.15) is 23.1 Å². The maximum Gasteiger partial charge on any atom is 0.191 e. The van der Waals surface area contributed by atoms with Gasteiger partial charge < -0.3 is 14.2 Å². The maximum absolute atomic E-state index is 5.91. The van der Waals surface area contributed by atoms with Crippen molar-refractivity contribution in [1.82, 2.24) is 19.7 Å². The molecule has 9 heteroatoms. The molecule has 1 unspecified atom stereocenters. The molecule has 1 fully saturated rings.